The molecule has 8 nitrogen and oxygen atoms in total. The van der Waals surface area contributed by atoms with Gasteiger partial charge in [0.25, 0.3) is 0 Å². The SMILES string of the molecule is CC[C@@H]1CCN(C(=O)Nc2ccc(C)c(-c3cc(NC4CCC(C)(O)CC4)nc(N4CCOCC4)c3)c2)C1. The lowest BCUT2D eigenvalue weighted by Gasteiger charge is -2.34. The zero-order valence-electron chi connectivity index (χ0n) is 23.1. The molecule has 2 aromatic rings. The minimum absolute atomic E-state index is 0.0185. The molecular formula is C30H43N5O3. The van der Waals surface area contributed by atoms with Crippen LogP contribution >= 0.6 is 0 Å². The summed E-state index contributed by atoms with van der Waals surface area (Å²) in [7, 11) is 0. The number of aromatic nitrogens is 1. The predicted molar refractivity (Wildman–Crippen MR) is 153 cm³/mol. The molecule has 1 saturated carbocycles. The first-order valence-corrected chi connectivity index (χ1v) is 14.3. The van der Waals surface area contributed by atoms with Gasteiger partial charge in [-0.1, -0.05) is 19.4 Å². The summed E-state index contributed by atoms with van der Waals surface area (Å²) < 4.78 is 5.58. The first-order valence-electron chi connectivity index (χ1n) is 14.3. The Kier molecular flexibility index (Phi) is 8.09. The van der Waals surface area contributed by atoms with Crippen molar-refractivity contribution in [3.8, 4) is 11.1 Å². The maximum absolute atomic E-state index is 12.9. The maximum atomic E-state index is 12.9. The molecule has 38 heavy (non-hydrogen) atoms. The summed E-state index contributed by atoms with van der Waals surface area (Å²) >= 11 is 0. The molecule has 3 heterocycles. The number of nitrogens with zero attached hydrogens (tertiary/aromatic N) is 3. The van der Waals surface area contributed by atoms with Gasteiger partial charge in [0.15, 0.2) is 0 Å². The van der Waals surface area contributed by atoms with Crippen LogP contribution in [0.2, 0.25) is 0 Å². The van der Waals surface area contributed by atoms with Crippen LogP contribution in [0.25, 0.3) is 11.1 Å². The van der Waals surface area contributed by atoms with Crippen molar-refractivity contribution < 1.29 is 14.6 Å². The molecular weight excluding hydrogens is 478 g/mol. The van der Waals surface area contributed by atoms with Gasteiger partial charge in [0.05, 0.1) is 18.8 Å². The van der Waals surface area contributed by atoms with Crippen LogP contribution in [0.1, 0.15) is 57.9 Å². The van der Waals surface area contributed by atoms with Gasteiger partial charge < -0.3 is 30.3 Å². The number of benzene rings is 1. The smallest absolute Gasteiger partial charge is 0.321 e. The first kappa shape index (κ1) is 26.8. The highest BCUT2D eigenvalue weighted by molar-refractivity contribution is 5.91. The second-order valence-electron chi connectivity index (χ2n) is 11.6. The van der Waals surface area contributed by atoms with E-state index in [1.54, 1.807) is 0 Å². The van der Waals surface area contributed by atoms with Crippen LogP contribution in [0.15, 0.2) is 30.3 Å². The molecule has 3 aliphatic rings. The van der Waals surface area contributed by atoms with Crippen molar-refractivity contribution in [1.82, 2.24) is 9.88 Å². The zero-order chi connectivity index (χ0) is 26.7. The number of hydrogen-bond acceptors (Lipinski definition) is 6. The molecule has 2 aliphatic heterocycles. The number of hydrogen-bond donors (Lipinski definition) is 3. The van der Waals surface area contributed by atoms with Crippen molar-refractivity contribution in [3.05, 3.63) is 35.9 Å². The van der Waals surface area contributed by atoms with Crippen LogP contribution in [0.3, 0.4) is 0 Å². The Morgan fingerprint density at radius 2 is 1.89 bits per heavy atom. The predicted octanol–water partition coefficient (Wildman–Crippen LogP) is 5.26. The highest BCUT2D eigenvalue weighted by atomic mass is 16.5. The second-order valence-corrected chi connectivity index (χ2v) is 11.6. The van der Waals surface area contributed by atoms with Gasteiger partial charge in [0.2, 0.25) is 0 Å². The molecule has 2 amide bonds. The van der Waals surface area contributed by atoms with Crippen molar-refractivity contribution in [2.24, 2.45) is 5.92 Å². The summed E-state index contributed by atoms with van der Waals surface area (Å²) in [6, 6.07) is 10.7. The number of aryl methyl sites for hydroxylation is 1. The number of anilines is 3. The van der Waals surface area contributed by atoms with Crippen molar-refractivity contribution in [2.45, 2.75) is 70.9 Å². The number of pyridine rings is 1. The monoisotopic (exact) mass is 521 g/mol. The number of carbonyl (C=O) groups is 1. The maximum Gasteiger partial charge on any atom is 0.321 e. The van der Waals surface area contributed by atoms with E-state index in [1.807, 2.05) is 17.9 Å². The second kappa shape index (κ2) is 11.5. The highest BCUT2D eigenvalue weighted by Gasteiger charge is 2.29. The Morgan fingerprint density at radius 3 is 2.61 bits per heavy atom. The van der Waals surface area contributed by atoms with Crippen LogP contribution in [0.4, 0.5) is 22.1 Å². The minimum Gasteiger partial charge on any atom is -0.390 e. The molecule has 3 fully saturated rings. The van der Waals surface area contributed by atoms with Crippen LogP contribution in [-0.4, -0.2) is 72.1 Å². The number of rotatable bonds is 6. The van der Waals surface area contributed by atoms with Gasteiger partial charge in [-0.05, 0) is 92.8 Å². The quantitative estimate of drug-likeness (QED) is 0.480. The Balaban J connectivity index is 1.40. The summed E-state index contributed by atoms with van der Waals surface area (Å²) in [5.41, 5.74) is 3.55. The van der Waals surface area contributed by atoms with Crippen LogP contribution in [-0.2, 0) is 4.74 Å². The van der Waals surface area contributed by atoms with Gasteiger partial charge in [-0.3, -0.25) is 0 Å². The fraction of sp³-hybridized carbons (Fsp3) is 0.600. The van der Waals surface area contributed by atoms with E-state index in [9.17, 15) is 9.90 Å². The van der Waals surface area contributed by atoms with E-state index < -0.39 is 5.60 Å². The van der Waals surface area contributed by atoms with E-state index in [0.29, 0.717) is 19.1 Å². The Labute approximate surface area is 226 Å². The van der Waals surface area contributed by atoms with E-state index in [0.717, 1.165) is 98.7 Å². The largest absolute Gasteiger partial charge is 0.390 e. The van der Waals surface area contributed by atoms with E-state index >= 15 is 0 Å². The zero-order valence-corrected chi connectivity index (χ0v) is 23.1. The molecule has 1 atom stereocenters. The van der Waals surface area contributed by atoms with Gasteiger partial charge in [-0.2, -0.15) is 0 Å². The number of amides is 2. The van der Waals surface area contributed by atoms with Gasteiger partial charge in [-0.25, -0.2) is 9.78 Å². The third kappa shape index (κ3) is 6.41. The summed E-state index contributed by atoms with van der Waals surface area (Å²) in [5.74, 6) is 2.39. The van der Waals surface area contributed by atoms with Crippen molar-refractivity contribution in [3.63, 3.8) is 0 Å². The molecule has 0 bridgehead atoms. The average molecular weight is 522 g/mol. The standard InChI is InChI=1S/C30H43N5O3/c1-4-22-9-12-35(20-22)29(36)32-25-6-5-21(2)26(19-25)23-17-27(31-24-7-10-30(3,37)11-8-24)33-28(18-23)34-13-15-38-16-14-34/h5-6,17-19,22,24,37H,4,7-16,20H2,1-3H3,(H,31,33)(H,32,36)/t22-,24?,30?/m1/s1. The number of aliphatic hydroxyl groups is 1. The molecule has 3 N–H and O–H groups in total. The third-order valence-electron chi connectivity index (χ3n) is 8.51. The summed E-state index contributed by atoms with van der Waals surface area (Å²) in [4.78, 5) is 22.2. The average Bonchev–Trinajstić information content (AvgIpc) is 3.41. The normalized spacial score (nSPS) is 25.9. The number of nitrogens with one attached hydrogen (secondary N) is 2. The lowest BCUT2D eigenvalue weighted by molar-refractivity contribution is 0.0196. The van der Waals surface area contributed by atoms with Gasteiger partial charge >= 0.3 is 6.03 Å². The summed E-state index contributed by atoms with van der Waals surface area (Å²) in [6.45, 7) is 10.9. The number of morpholine rings is 1. The molecule has 2 saturated heterocycles. The van der Waals surface area contributed by atoms with E-state index in [1.165, 1.54) is 0 Å². The van der Waals surface area contributed by atoms with E-state index in [2.05, 4.69) is 53.6 Å². The molecule has 0 unspecified atom stereocenters. The molecule has 206 valence electrons. The lowest BCUT2D eigenvalue weighted by Crippen LogP contribution is -2.37. The molecule has 1 aromatic carbocycles. The minimum atomic E-state index is -0.569. The van der Waals surface area contributed by atoms with E-state index in [-0.39, 0.29) is 12.1 Å². The Hall–Kier alpha value is -2.84. The molecule has 8 heteroatoms. The molecule has 1 aliphatic carbocycles. The fourth-order valence-corrected chi connectivity index (χ4v) is 5.86. The summed E-state index contributed by atoms with van der Waals surface area (Å²) in [6.07, 6.45) is 5.61. The fourth-order valence-electron chi connectivity index (χ4n) is 5.86. The van der Waals surface area contributed by atoms with Crippen molar-refractivity contribution in [1.29, 1.82) is 0 Å². The van der Waals surface area contributed by atoms with Gasteiger partial charge in [0, 0.05) is 37.9 Å². The number of likely N-dealkylation sites (tertiary alicyclic amines) is 1. The molecule has 0 spiro atoms. The number of carbonyl (C=O) groups excluding carboxylic acids is 1. The number of ether oxygens (including phenoxy) is 1. The highest BCUT2D eigenvalue weighted by Crippen LogP contribution is 2.34. The summed E-state index contributed by atoms with van der Waals surface area (Å²) in [5, 5.41) is 17.2. The molecule has 1 aromatic heterocycles. The molecule has 5 rings (SSSR count). The first-order chi connectivity index (χ1) is 18.3. The van der Waals surface area contributed by atoms with Crippen LogP contribution in [0.5, 0.6) is 0 Å². The van der Waals surface area contributed by atoms with Gasteiger partial charge in [-0.15, -0.1) is 0 Å². The third-order valence-corrected chi connectivity index (χ3v) is 8.51. The van der Waals surface area contributed by atoms with Crippen LogP contribution < -0.4 is 15.5 Å². The van der Waals surface area contributed by atoms with Crippen molar-refractivity contribution in [2.75, 3.05) is 54.9 Å². The lowest BCUT2D eigenvalue weighted by atomic mass is 9.83. The van der Waals surface area contributed by atoms with E-state index in [4.69, 9.17) is 9.72 Å². The Bertz CT molecular complexity index is 1120. The van der Waals surface area contributed by atoms with Crippen LogP contribution in [0, 0.1) is 12.8 Å². The topological polar surface area (TPSA) is 90.0 Å². The van der Waals surface area contributed by atoms with Crippen molar-refractivity contribution >= 4 is 23.4 Å². The van der Waals surface area contributed by atoms with Gasteiger partial charge in [0.1, 0.15) is 11.6 Å². The Morgan fingerprint density at radius 1 is 1.13 bits per heavy atom. The molecule has 0 radical (unpaired) electrons. The number of urea groups is 1.